The summed E-state index contributed by atoms with van der Waals surface area (Å²) in [5.41, 5.74) is 10.8. The zero-order valence-electron chi connectivity index (χ0n) is 18.9. The first-order valence-electron chi connectivity index (χ1n) is 11.2. The Kier molecular flexibility index (Phi) is 6.36. The van der Waals surface area contributed by atoms with E-state index in [1.54, 1.807) is 12.1 Å². The van der Waals surface area contributed by atoms with Crippen LogP contribution >= 0.6 is 23.2 Å². The summed E-state index contributed by atoms with van der Waals surface area (Å²) in [5.74, 6) is -0.286. The van der Waals surface area contributed by atoms with E-state index in [0.717, 1.165) is 43.9 Å². The van der Waals surface area contributed by atoms with Crippen LogP contribution in [0.5, 0.6) is 0 Å². The fourth-order valence-electron chi connectivity index (χ4n) is 4.37. The predicted molar refractivity (Wildman–Crippen MR) is 139 cm³/mol. The van der Waals surface area contributed by atoms with E-state index in [2.05, 4.69) is 41.1 Å². The van der Waals surface area contributed by atoms with Crippen LogP contribution in [0, 0.1) is 0 Å². The number of carbonyl (C=O) groups excluding carboxylic acids is 1. The van der Waals surface area contributed by atoms with Gasteiger partial charge in [-0.2, -0.15) is 0 Å². The summed E-state index contributed by atoms with van der Waals surface area (Å²) in [7, 11) is 2.17. The molecule has 0 atom stereocenters. The average molecular weight is 494 g/mol. The van der Waals surface area contributed by atoms with E-state index < -0.39 is 0 Å². The number of ketones is 1. The van der Waals surface area contributed by atoms with Gasteiger partial charge >= 0.3 is 0 Å². The molecule has 1 saturated heterocycles. The van der Waals surface area contributed by atoms with Crippen LogP contribution in [0.15, 0.2) is 65.1 Å². The quantitative estimate of drug-likeness (QED) is 0.347. The van der Waals surface area contributed by atoms with E-state index in [4.69, 9.17) is 33.4 Å². The van der Waals surface area contributed by atoms with Crippen molar-refractivity contribution >= 4 is 45.6 Å². The van der Waals surface area contributed by atoms with Gasteiger partial charge in [0.2, 0.25) is 5.78 Å². The van der Waals surface area contributed by atoms with Gasteiger partial charge in [0.05, 0.1) is 10.7 Å². The van der Waals surface area contributed by atoms with E-state index >= 15 is 0 Å². The van der Waals surface area contributed by atoms with Gasteiger partial charge in [-0.15, -0.1) is 0 Å². The van der Waals surface area contributed by atoms with Crippen molar-refractivity contribution in [2.75, 3.05) is 39.0 Å². The molecule has 0 radical (unpaired) electrons. The summed E-state index contributed by atoms with van der Waals surface area (Å²) in [5, 5.41) is 1.42. The Labute approximate surface area is 208 Å². The monoisotopic (exact) mass is 493 g/mol. The van der Waals surface area contributed by atoms with Gasteiger partial charge in [0, 0.05) is 48.7 Å². The lowest BCUT2D eigenvalue weighted by Gasteiger charge is -2.32. The maximum atomic E-state index is 13.1. The molecule has 0 bridgehead atoms. The van der Waals surface area contributed by atoms with Crippen LogP contribution in [0.1, 0.15) is 21.7 Å². The molecular formula is C27H25Cl2N3O2. The van der Waals surface area contributed by atoms with Gasteiger partial charge in [-0.1, -0.05) is 47.5 Å². The number of hydrogen-bond acceptors (Lipinski definition) is 5. The SMILES string of the molecule is CN1CCN(Cc2cccc(-c3ccc4c(N)c(C(=O)c5ccc(Cl)cc5Cl)oc4c3)c2)CC1. The number of hydrogen-bond donors (Lipinski definition) is 1. The summed E-state index contributed by atoms with van der Waals surface area (Å²) >= 11 is 12.2. The van der Waals surface area contributed by atoms with Crippen LogP contribution in [0.4, 0.5) is 5.69 Å². The Morgan fingerprint density at radius 1 is 0.971 bits per heavy atom. The van der Waals surface area contributed by atoms with Crippen LogP contribution in [-0.2, 0) is 6.54 Å². The van der Waals surface area contributed by atoms with Crippen LogP contribution in [0.2, 0.25) is 10.0 Å². The Bertz CT molecular complexity index is 1370. The molecule has 7 heteroatoms. The van der Waals surface area contributed by atoms with E-state index in [9.17, 15) is 4.79 Å². The van der Waals surface area contributed by atoms with Crippen LogP contribution in [0.25, 0.3) is 22.1 Å². The lowest BCUT2D eigenvalue weighted by atomic mass is 10.0. The van der Waals surface area contributed by atoms with Crippen LogP contribution < -0.4 is 5.73 Å². The minimum atomic E-state index is -0.369. The third-order valence-corrected chi connectivity index (χ3v) is 6.92. The second-order valence-electron chi connectivity index (χ2n) is 8.79. The van der Waals surface area contributed by atoms with Gasteiger partial charge in [0.25, 0.3) is 0 Å². The van der Waals surface area contributed by atoms with Crippen molar-refractivity contribution in [2.24, 2.45) is 0 Å². The smallest absolute Gasteiger partial charge is 0.231 e. The Morgan fingerprint density at radius 2 is 1.74 bits per heavy atom. The number of nitrogens with zero attached hydrogens (tertiary/aromatic N) is 2. The van der Waals surface area contributed by atoms with Gasteiger partial charge in [-0.25, -0.2) is 0 Å². The first-order valence-corrected chi connectivity index (χ1v) is 12.0. The van der Waals surface area contributed by atoms with Crippen LogP contribution in [0.3, 0.4) is 0 Å². The fraction of sp³-hybridized carbons (Fsp3) is 0.222. The lowest BCUT2D eigenvalue weighted by molar-refractivity contribution is 0.101. The normalized spacial score (nSPS) is 15.1. The van der Waals surface area contributed by atoms with Crippen molar-refractivity contribution in [1.82, 2.24) is 9.80 Å². The molecular weight excluding hydrogens is 469 g/mol. The van der Waals surface area contributed by atoms with Crippen molar-refractivity contribution in [3.8, 4) is 11.1 Å². The van der Waals surface area contributed by atoms with Gasteiger partial charge in [0.1, 0.15) is 5.58 Å². The zero-order valence-corrected chi connectivity index (χ0v) is 20.4. The molecule has 1 fully saturated rings. The highest BCUT2D eigenvalue weighted by molar-refractivity contribution is 6.37. The molecule has 5 nitrogen and oxygen atoms in total. The van der Waals surface area contributed by atoms with Crippen molar-refractivity contribution in [2.45, 2.75) is 6.54 Å². The molecule has 1 aromatic heterocycles. The minimum absolute atomic E-state index is 0.0835. The summed E-state index contributed by atoms with van der Waals surface area (Å²) < 4.78 is 5.95. The minimum Gasteiger partial charge on any atom is -0.450 e. The van der Waals surface area contributed by atoms with Gasteiger partial charge in [-0.05, 0) is 60.1 Å². The third kappa shape index (κ3) is 4.57. The molecule has 0 unspecified atom stereocenters. The number of nitrogens with two attached hydrogens (primary N) is 1. The number of halogens is 2. The van der Waals surface area contributed by atoms with Crippen molar-refractivity contribution < 1.29 is 9.21 Å². The van der Waals surface area contributed by atoms with Gasteiger partial charge in [-0.3, -0.25) is 9.69 Å². The average Bonchev–Trinajstić information content (AvgIpc) is 3.16. The molecule has 4 aromatic rings. The van der Waals surface area contributed by atoms with Crippen molar-refractivity contribution in [3.05, 3.63) is 87.6 Å². The summed E-state index contributed by atoms with van der Waals surface area (Å²) in [6.07, 6.45) is 0. The Hall–Kier alpha value is -2.83. The van der Waals surface area contributed by atoms with E-state index in [1.165, 1.54) is 11.6 Å². The molecule has 3 aromatic carbocycles. The number of furan rings is 1. The summed E-state index contributed by atoms with van der Waals surface area (Å²) in [4.78, 5) is 17.9. The number of nitrogen functional groups attached to an aromatic ring is 1. The summed E-state index contributed by atoms with van der Waals surface area (Å²) in [6.45, 7) is 5.27. The fourth-order valence-corrected chi connectivity index (χ4v) is 4.87. The number of likely N-dealkylation sites (N-methyl/N-ethyl adjacent to an activating group) is 1. The van der Waals surface area contributed by atoms with E-state index in [0.29, 0.717) is 27.2 Å². The second kappa shape index (κ2) is 9.43. The highest BCUT2D eigenvalue weighted by Crippen LogP contribution is 2.35. The molecule has 2 heterocycles. The highest BCUT2D eigenvalue weighted by atomic mass is 35.5. The molecule has 0 amide bonds. The molecule has 34 heavy (non-hydrogen) atoms. The topological polar surface area (TPSA) is 62.7 Å². The molecule has 2 N–H and O–H groups in total. The second-order valence-corrected chi connectivity index (χ2v) is 9.63. The largest absolute Gasteiger partial charge is 0.450 e. The molecule has 5 rings (SSSR count). The van der Waals surface area contributed by atoms with E-state index in [1.807, 2.05) is 18.2 Å². The number of rotatable bonds is 5. The van der Waals surface area contributed by atoms with Crippen molar-refractivity contribution in [3.63, 3.8) is 0 Å². The maximum absolute atomic E-state index is 13.1. The predicted octanol–water partition coefficient (Wildman–Crippen LogP) is 5.97. The molecule has 0 spiro atoms. The first kappa shape index (κ1) is 22.9. The summed E-state index contributed by atoms with van der Waals surface area (Å²) in [6, 6.07) is 19.1. The molecule has 1 aliphatic rings. The number of piperazine rings is 1. The highest BCUT2D eigenvalue weighted by Gasteiger charge is 2.22. The Balaban J connectivity index is 1.43. The molecule has 1 aliphatic heterocycles. The van der Waals surface area contributed by atoms with Gasteiger partial charge < -0.3 is 15.1 Å². The molecule has 174 valence electrons. The zero-order chi connectivity index (χ0) is 23.8. The molecule has 0 saturated carbocycles. The van der Waals surface area contributed by atoms with Crippen molar-refractivity contribution in [1.29, 1.82) is 0 Å². The molecule has 0 aliphatic carbocycles. The van der Waals surface area contributed by atoms with E-state index in [-0.39, 0.29) is 16.6 Å². The Morgan fingerprint density at radius 3 is 2.50 bits per heavy atom. The number of anilines is 1. The number of benzene rings is 3. The van der Waals surface area contributed by atoms with Gasteiger partial charge in [0.15, 0.2) is 5.76 Å². The number of fused-ring (bicyclic) bond motifs is 1. The first-order chi connectivity index (χ1) is 16.4. The third-order valence-electron chi connectivity index (χ3n) is 6.37. The number of carbonyl (C=O) groups is 1. The standard InChI is InChI=1S/C27H25Cl2N3O2/c1-31-9-11-32(12-10-31)16-17-3-2-4-18(13-17)19-5-7-22-24(14-19)34-27(25(22)30)26(33)21-8-6-20(28)15-23(21)29/h2-8,13-15H,9-12,16,30H2,1H3. The van der Waals surface area contributed by atoms with Crippen LogP contribution in [-0.4, -0.2) is 48.8 Å². The maximum Gasteiger partial charge on any atom is 0.231 e. The lowest BCUT2D eigenvalue weighted by Crippen LogP contribution is -2.43.